The summed E-state index contributed by atoms with van der Waals surface area (Å²) in [6, 6.07) is 3.29. The molecule has 0 N–H and O–H groups in total. The molecule has 2 aromatic rings. The van der Waals surface area contributed by atoms with Crippen LogP contribution in [0.1, 0.15) is 16.1 Å². The zero-order valence-electron chi connectivity index (χ0n) is 11.7. The average molecular weight is 276 g/mol. The summed E-state index contributed by atoms with van der Waals surface area (Å²) in [7, 11) is 2.88. The molecule has 0 fully saturated rings. The molecule has 0 aliphatic rings. The lowest BCUT2D eigenvalue weighted by Crippen LogP contribution is -2.22. The van der Waals surface area contributed by atoms with E-state index in [1.54, 1.807) is 26.3 Å². The standard InChI is InChI=1S/C14H16N2O4/c1-9-10(14(18)20-3)8-11-12(15-9)4-5-16(13(11)17)6-7-19-2/h4-5,8H,6-7H2,1-3H3. The van der Waals surface area contributed by atoms with Crippen molar-refractivity contribution in [2.24, 2.45) is 0 Å². The fourth-order valence-corrected chi connectivity index (χ4v) is 1.99. The molecule has 0 aliphatic carbocycles. The molecule has 0 aromatic carbocycles. The van der Waals surface area contributed by atoms with Gasteiger partial charge >= 0.3 is 5.97 Å². The van der Waals surface area contributed by atoms with E-state index in [-0.39, 0.29) is 5.56 Å². The summed E-state index contributed by atoms with van der Waals surface area (Å²) in [5.41, 5.74) is 1.21. The fourth-order valence-electron chi connectivity index (χ4n) is 1.99. The Labute approximate surface area is 116 Å². The Hall–Kier alpha value is -2.21. The maximum Gasteiger partial charge on any atom is 0.339 e. The van der Waals surface area contributed by atoms with E-state index in [4.69, 9.17) is 9.47 Å². The molecule has 6 nitrogen and oxygen atoms in total. The Balaban J connectivity index is 2.61. The Morgan fingerprint density at radius 3 is 2.80 bits per heavy atom. The molecule has 0 bridgehead atoms. The summed E-state index contributed by atoms with van der Waals surface area (Å²) in [6.45, 7) is 2.60. The number of fused-ring (bicyclic) bond motifs is 1. The SMILES string of the molecule is COCCn1ccc2nc(C)c(C(=O)OC)cc2c1=O. The number of ether oxygens (including phenoxy) is 2. The van der Waals surface area contributed by atoms with E-state index in [1.165, 1.54) is 17.7 Å². The summed E-state index contributed by atoms with van der Waals surface area (Å²) in [4.78, 5) is 28.3. The Bertz CT molecular complexity index is 706. The molecule has 0 aliphatic heterocycles. The third kappa shape index (κ3) is 2.55. The largest absolute Gasteiger partial charge is 0.465 e. The van der Waals surface area contributed by atoms with Crippen LogP contribution in [0.15, 0.2) is 23.1 Å². The van der Waals surface area contributed by atoms with Crippen molar-refractivity contribution in [3.05, 3.63) is 39.9 Å². The second-order valence-corrected chi connectivity index (χ2v) is 4.35. The van der Waals surface area contributed by atoms with Crippen molar-refractivity contribution in [2.45, 2.75) is 13.5 Å². The van der Waals surface area contributed by atoms with Crippen LogP contribution in [0.3, 0.4) is 0 Å². The molecule has 0 radical (unpaired) electrons. The van der Waals surface area contributed by atoms with Gasteiger partial charge in [0.05, 0.1) is 35.9 Å². The molecule has 0 atom stereocenters. The van der Waals surface area contributed by atoms with Gasteiger partial charge in [0.25, 0.3) is 5.56 Å². The highest BCUT2D eigenvalue weighted by Crippen LogP contribution is 2.14. The number of methoxy groups -OCH3 is 2. The summed E-state index contributed by atoms with van der Waals surface area (Å²) in [6.07, 6.45) is 1.67. The van der Waals surface area contributed by atoms with Crippen LogP contribution < -0.4 is 5.56 Å². The van der Waals surface area contributed by atoms with Gasteiger partial charge in [-0.1, -0.05) is 0 Å². The topological polar surface area (TPSA) is 70.4 Å². The number of pyridine rings is 2. The number of hydrogen-bond acceptors (Lipinski definition) is 5. The summed E-state index contributed by atoms with van der Waals surface area (Å²) in [5.74, 6) is -0.497. The van der Waals surface area contributed by atoms with Crippen LogP contribution in [-0.2, 0) is 16.0 Å². The van der Waals surface area contributed by atoms with Crippen molar-refractivity contribution in [2.75, 3.05) is 20.8 Å². The molecule has 0 spiro atoms. The predicted octanol–water partition coefficient (Wildman–Crippen LogP) is 1.14. The van der Waals surface area contributed by atoms with Crippen LogP contribution in [0.2, 0.25) is 0 Å². The molecule has 0 unspecified atom stereocenters. The quantitative estimate of drug-likeness (QED) is 0.783. The first-order valence-electron chi connectivity index (χ1n) is 6.16. The van der Waals surface area contributed by atoms with Crippen LogP contribution in [0.25, 0.3) is 10.9 Å². The molecule has 0 amide bonds. The number of aryl methyl sites for hydroxylation is 1. The van der Waals surface area contributed by atoms with E-state index in [0.717, 1.165) is 0 Å². The molecule has 0 saturated carbocycles. The number of carbonyl (C=O) groups is 1. The molecular weight excluding hydrogens is 260 g/mol. The third-order valence-electron chi connectivity index (χ3n) is 3.09. The summed E-state index contributed by atoms with van der Waals surface area (Å²) in [5, 5.41) is 0.398. The van der Waals surface area contributed by atoms with Crippen molar-refractivity contribution in [1.29, 1.82) is 0 Å². The number of aromatic nitrogens is 2. The van der Waals surface area contributed by atoms with Gasteiger partial charge in [0.2, 0.25) is 0 Å². The second-order valence-electron chi connectivity index (χ2n) is 4.35. The monoisotopic (exact) mass is 276 g/mol. The average Bonchev–Trinajstić information content (AvgIpc) is 2.45. The van der Waals surface area contributed by atoms with Crippen LogP contribution >= 0.6 is 0 Å². The molecule has 6 heteroatoms. The first-order chi connectivity index (χ1) is 9.58. The van der Waals surface area contributed by atoms with Crippen LogP contribution in [-0.4, -0.2) is 36.3 Å². The van der Waals surface area contributed by atoms with Gasteiger partial charge in [-0.25, -0.2) is 4.79 Å². The van der Waals surface area contributed by atoms with Crippen molar-refractivity contribution in [1.82, 2.24) is 9.55 Å². The zero-order chi connectivity index (χ0) is 14.7. The third-order valence-corrected chi connectivity index (χ3v) is 3.09. The van der Waals surface area contributed by atoms with Gasteiger partial charge < -0.3 is 14.0 Å². The van der Waals surface area contributed by atoms with E-state index in [9.17, 15) is 9.59 Å². The van der Waals surface area contributed by atoms with Crippen molar-refractivity contribution in [3.8, 4) is 0 Å². The smallest absolute Gasteiger partial charge is 0.339 e. The lowest BCUT2D eigenvalue weighted by atomic mass is 10.1. The van der Waals surface area contributed by atoms with E-state index in [0.29, 0.717) is 35.3 Å². The highest BCUT2D eigenvalue weighted by Gasteiger charge is 2.14. The van der Waals surface area contributed by atoms with Crippen molar-refractivity contribution < 1.29 is 14.3 Å². The molecular formula is C14H16N2O4. The van der Waals surface area contributed by atoms with Gasteiger partial charge in [-0.05, 0) is 19.1 Å². The summed E-state index contributed by atoms with van der Waals surface area (Å²) >= 11 is 0. The number of esters is 1. The molecule has 2 rings (SSSR count). The zero-order valence-corrected chi connectivity index (χ0v) is 11.7. The van der Waals surface area contributed by atoms with Crippen LogP contribution in [0.5, 0.6) is 0 Å². The molecule has 2 aromatic heterocycles. The minimum absolute atomic E-state index is 0.197. The minimum Gasteiger partial charge on any atom is -0.465 e. The van der Waals surface area contributed by atoms with Crippen LogP contribution in [0.4, 0.5) is 0 Å². The first kappa shape index (κ1) is 14.2. The van der Waals surface area contributed by atoms with E-state index in [1.807, 2.05) is 0 Å². The van der Waals surface area contributed by atoms with E-state index < -0.39 is 5.97 Å². The second kappa shape index (κ2) is 5.83. The Morgan fingerprint density at radius 2 is 2.15 bits per heavy atom. The molecule has 0 saturated heterocycles. The maximum absolute atomic E-state index is 12.3. The van der Waals surface area contributed by atoms with Gasteiger partial charge in [-0.2, -0.15) is 0 Å². The minimum atomic E-state index is -0.497. The lowest BCUT2D eigenvalue weighted by Gasteiger charge is -2.08. The predicted molar refractivity (Wildman–Crippen MR) is 74.0 cm³/mol. The van der Waals surface area contributed by atoms with Crippen LogP contribution in [0, 0.1) is 6.92 Å². The highest BCUT2D eigenvalue weighted by atomic mass is 16.5. The van der Waals surface area contributed by atoms with Crippen molar-refractivity contribution in [3.63, 3.8) is 0 Å². The van der Waals surface area contributed by atoms with E-state index >= 15 is 0 Å². The Kier molecular flexibility index (Phi) is 4.14. The molecule has 20 heavy (non-hydrogen) atoms. The molecule has 106 valence electrons. The van der Waals surface area contributed by atoms with Crippen molar-refractivity contribution >= 4 is 16.9 Å². The number of carbonyl (C=O) groups excluding carboxylic acids is 1. The highest BCUT2D eigenvalue weighted by molar-refractivity contribution is 5.94. The van der Waals surface area contributed by atoms with Gasteiger partial charge in [-0.3, -0.25) is 9.78 Å². The number of hydrogen-bond donors (Lipinski definition) is 0. The summed E-state index contributed by atoms with van der Waals surface area (Å²) < 4.78 is 11.2. The Morgan fingerprint density at radius 1 is 1.40 bits per heavy atom. The van der Waals surface area contributed by atoms with Gasteiger partial charge in [0.1, 0.15) is 0 Å². The first-order valence-corrected chi connectivity index (χ1v) is 6.16. The van der Waals surface area contributed by atoms with E-state index in [2.05, 4.69) is 4.98 Å². The normalized spacial score (nSPS) is 10.8. The van der Waals surface area contributed by atoms with Gasteiger partial charge in [-0.15, -0.1) is 0 Å². The fraction of sp³-hybridized carbons (Fsp3) is 0.357. The number of nitrogens with zero attached hydrogens (tertiary/aromatic N) is 2. The maximum atomic E-state index is 12.3. The van der Waals surface area contributed by atoms with Gasteiger partial charge in [0.15, 0.2) is 0 Å². The molecule has 2 heterocycles. The lowest BCUT2D eigenvalue weighted by molar-refractivity contribution is 0.0599. The number of rotatable bonds is 4. The van der Waals surface area contributed by atoms with Gasteiger partial charge in [0, 0.05) is 19.9 Å².